The minimum absolute atomic E-state index is 0.0618. The van der Waals surface area contributed by atoms with Gasteiger partial charge < -0.3 is 67.5 Å². The average molecular weight is 1380 g/mol. The molecule has 0 unspecified atom stereocenters. The Bertz CT molecular complexity index is 3830. The summed E-state index contributed by atoms with van der Waals surface area (Å²) < 4.78 is 60.8. The molecule has 6 aromatic carbocycles. The Labute approximate surface area is 594 Å². The summed E-state index contributed by atoms with van der Waals surface area (Å²) >= 11 is 0. The van der Waals surface area contributed by atoms with E-state index in [4.69, 9.17) is 47.2 Å². The highest BCUT2D eigenvalue weighted by molar-refractivity contribution is 6.98. The van der Waals surface area contributed by atoms with Crippen molar-refractivity contribution in [2.24, 2.45) is 0 Å². The zero-order chi connectivity index (χ0) is 71.2. The highest BCUT2D eigenvalue weighted by Crippen LogP contribution is 2.44. The molecular formula is C78H102B2N5O14Si+. The van der Waals surface area contributed by atoms with Crippen LogP contribution in [0.15, 0.2) is 162 Å². The summed E-state index contributed by atoms with van der Waals surface area (Å²) in [4.78, 5) is 30.5. The van der Waals surface area contributed by atoms with Crippen LogP contribution in [0.2, 0.25) is 13.1 Å². The lowest BCUT2D eigenvalue weighted by Crippen LogP contribution is -2.49. The molecule has 2 radical (unpaired) electrons. The molecule has 0 fully saturated rings. The van der Waals surface area contributed by atoms with E-state index in [0.717, 1.165) is 64.7 Å². The lowest BCUT2D eigenvalue weighted by molar-refractivity contribution is -0.462. The van der Waals surface area contributed by atoms with Crippen LogP contribution in [0.1, 0.15) is 60.1 Å². The van der Waals surface area contributed by atoms with E-state index >= 15 is 0 Å². The number of allylic oxidation sites excluding steroid dienone is 6. The molecule has 100 heavy (non-hydrogen) atoms. The second kappa shape index (κ2) is 40.9. The number of amides is 1. The Hall–Kier alpha value is -7.38. The predicted molar refractivity (Wildman–Crippen MR) is 401 cm³/mol. The van der Waals surface area contributed by atoms with E-state index in [1.165, 1.54) is 38.5 Å². The fraction of sp³-hybridized carbons (Fsp3) is 0.423. The Morgan fingerprint density at radius 3 is 1.53 bits per heavy atom. The van der Waals surface area contributed by atoms with Crippen molar-refractivity contribution in [2.45, 2.75) is 66.0 Å². The lowest BCUT2D eigenvalue weighted by atomic mass is 9.85. The maximum atomic E-state index is 11.8. The van der Waals surface area contributed by atoms with Gasteiger partial charge in [0.25, 0.3) is 0 Å². The number of anilines is 1. The number of hydrogen-bond acceptors (Lipinski definition) is 17. The first-order chi connectivity index (χ1) is 48.5. The second-order valence-corrected chi connectivity index (χ2v) is 30.2. The predicted octanol–water partition coefficient (Wildman–Crippen LogP) is 9.10. The topological polar surface area (TPSA) is 192 Å². The summed E-state index contributed by atoms with van der Waals surface area (Å²) in [5.41, 5.74) is 12.3. The van der Waals surface area contributed by atoms with E-state index in [-0.39, 0.29) is 11.7 Å². The van der Waals surface area contributed by atoms with Crippen LogP contribution >= 0.6 is 0 Å². The molecule has 0 saturated heterocycles. The highest BCUT2D eigenvalue weighted by atomic mass is 28.3. The summed E-state index contributed by atoms with van der Waals surface area (Å²) in [6.45, 7) is 25.8. The second-order valence-electron chi connectivity index (χ2n) is 25.8. The van der Waals surface area contributed by atoms with E-state index < -0.39 is 8.07 Å². The van der Waals surface area contributed by atoms with E-state index in [0.29, 0.717) is 187 Å². The number of Topliss-reactive ketones (excluding diaryl/α,β-unsaturated/α-hetero) is 1. The quantitative estimate of drug-likeness (QED) is 0.0108. The molecule has 532 valence electrons. The number of nitrogens with one attached hydrogen (secondary N) is 1. The minimum Gasteiger partial charge on any atom is -0.537 e. The number of ether oxygens (including phenoxy) is 8. The molecule has 22 heteroatoms. The van der Waals surface area contributed by atoms with Gasteiger partial charge in [-0.1, -0.05) is 105 Å². The SMILES string of the molecule is C=C(C)C(=O)CCCOCCOCCOCCOCCN(Cc1ccccc1O[B]O)Cc1c2ccccc2c(CN(CCOCCOCCOCCOCCNC(=O)C(=C)C)Cc2ccccc2O[B]O)c2ccc(C3=C4C=CC(=[N+](C)C)C=C4[Si](C)(C)c4cc(N(C)C)ccc43)cc12. The number of benzene rings is 6. The molecule has 2 aliphatic rings. The number of carbonyl (C=O) groups is 2. The molecule has 0 bridgehead atoms. The van der Waals surface area contributed by atoms with Crippen LogP contribution in [0.3, 0.4) is 0 Å². The third-order valence-electron chi connectivity index (χ3n) is 17.7. The van der Waals surface area contributed by atoms with Gasteiger partial charge in [-0.05, 0) is 128 Å². The minimum atomic E-state index is -2.29. The number of rotatable bonds is 47. The smallest absolute Gasteiger partial charge is 0.537 e. The third-order valence-corrected chi connectivity index (χ3v) is 21.3. The van der Waals surface area contributed by atoms with Gasteiger partial charge in [-0.15, -0.1) is 0 Å². The Balaban J connectivity index is 1.10. The van der Waals surface area contributed by atoms with Crippen molar-refractivity contribution in [3.8, 4) is 11.5 Å². The molecule has 1 aliphatic heterocycles. The van der Waals surface area contributed by atoms with Crippen molar-refractivity contribution in [1.82, 2.24) is 15.1 Å². The number of hydrogen-bond donors (Lipinski definition) is 3. The molecule has 1 heterocycles. The first-order valence-electron chi connectivity index (χ1n) is 34.6. The fourth-order valence-corrected chi connectivity index (χ4v) is 15.4. The summed E-state index contributed by atoms with van der Waals surface area (Å²) in [6, 6.07) is 38.4. The van der Waals surface area contributed by atoms with Crippen LogP contribution in [0, 0.1) is 0 Å². The molecule has 0 atom stereocenters. The zero-order valence-corrected chi connectivity index (χ0v) is 61.0. The van der Waals surface area contributed by atoms with Crippen LogP contribution in [0.25, 0.3) is 27.1 Å². The Morgan fingerprint density at radius 1 is 0.550 bits per heavy atom. The number of carbonyl (C=O) groups excluding carboxylic acids is 2. The Kier molecular flexibility index (Phi) is 32.0. The van der Waals surface area contributed by atoms with Gasteiger partial charge in [-0.3, -0.25) is 19.4 Å². The number of nitrogens with zero attached hydrogens (tertiary/aromatic N) is 4. The summed E-state index contributed by atoms with van der Waals surface area (Å²) in [5, 5.41) is 29.9. The van der Waals surface area contributed by atoms with Gasteiger partial charge in [0.15, 0.2) is 11.5 Å². The molecule has 0 saturated carbocycles. The maximum Gasteiger partial charge on any atom is 0.569 e. The third kappa shape index (κ3) is 22.8. The van der Waals surface area contributed by atoms with Gasteiger partial charge in [-0.2, -0.15) is 0 Å². The number of ketones is 1. The van der Waals surface area contributed by atoms with Crippen LogP contribution in [-0.2, 0) is 73.7 Å². The molecule has 6 aromatic rings. The average Bonchev–Trinajstić information content (AvgIpc) is 0.718. The van der Waals surface area contributed by atoms with Crippen LogP contribution in [0.5, 0.6) is 11.5 Å². The highest BCUT2D eigenvalue weighted by Gasteiger charge is 2.41. The Morgan fingerprint density at radius 2 is 1.03 bits per heavy atom. The molecule has 19 nitrogen and oxygen atoms in total. The molecule has 1 amide bonds. The molecule has 0 aromatic heterocycles. The first kappa shape index (κ1) is 78.3. The molecule has 1 aliphatic carbocycles. The summed E-state index contributed by atoms with van der Waals surface area (Å²) in [6.07, 6.45) is 8.09. The van der Waals surface area contributed by atoms with Gasteiger partial charge in [0, 0.05) is 107 Å². The van der Waals surface area contributed by atoms with Crippen molar-refractivity contribution < 1.29 is 71.4 Å². The number of para-hydroxylation sites is 2. The molecule has 3 N–H and O–H groups in total. The van der Waals surface area contributed by atoms with Crippen molar-refractivity contribution >= 4 is 78.8 Å². The number of fused-ring (bicyclic) bond motifs is 4. The van der Waals surface area contributed by atoms with Gasteiger partial charge in [0.05, 0.1) is 99.1 Å². The van der Waals surface area contributed by atoms with E-state index in [1.54, 1.807) is 13.8 Å². The normalized spacial score (nSPS) is 13.2. The maximum absolute atomic E-state index is 11.8. The van der Waals surface area contributed by atoms with Crippen molar-refractivity contribution in [3.63, 3.8) is 0 Å². The van der Waals surface area contributed by atoms with E-state index in [2.05, 4.69) is 158 Å². The fourth-order valence-electron chi connectivity index (χ4n) is 12.4. The zero-order valence-electron chi connectivity index (χ0n) is 60.0. The van der Waals surface area contributed by atoms with Crippen molar-refractivity contribution in [3.05, 3.63) is 196 Å². The monoisotopic (exact) mass is 1380 g/mol. The molecule has 0 spiro atoms. The van der Waals surface area contributed by atoms with Gasteiger partial charge in [0.1, 0.15) is 33.7 Å². The van der Waals surface area contributed by atoms with E-state index in [9.17, 15) is 19.6 Å². The lowest BCUT2D eigenvalue weighted by Gasteiger charge is -2.38. The van der Waals surface area contributed by atoms with E-state index in [1.807, 2.05) is 48.5 Å². The van der Waals surface area contributed by atoms with Crippen molar-refractivity contribution in [2.75, 3.05) is 158 Å². The van der Waals surface area contributed by atoms with Gasteiger partial charge >= 0.3 is 15.4 Å². The van der Waals surface area contributed by atoms with Crippen LogP contribution < -0.4 is 24.7 Å². The summed E-state index contributed by atoms with van der Waals surface area (Å²) in [7, 11) is 7.61. The van der Waals surface area contributed by atoms with Crippen LogP contribution in [0.4, 0.5) is 5.69 Å². The summed E-state index contributed by atoms with van der Waals surface area (Å²) in [5.74, 6) is 0.980. The largest absolute Gasteiger partial charge is 0.569 e. The van der Waals surface area contributed by atoms with Gasteiger partial charge in [-0.25, -0.2) is 4.58 Å². The van der Waals surface area contributed by atoms with Crippen molar-refractivity contribution in [1.29, 1.82) is 0 Å². The molecule has 8 rings (SSSR count). The first-order valence-corrected chi connectivity index (χ1v) is 37.6. The van der Waals surface area contributed by atoms with Crippen LogP contribution in [-0.4, -0.2) is 219 Å². The standard InChI is InChI=1S/C78H101B2N5O14Si/c1-57(2)72(86)22-17-34-90-38-42-94-46-48-96-45-41-93-37-33-85(54-61-19-12-16-24-74(61)99-80-89)56-71-65-21-14-13-20-64(65)70(55-84(53-60-18-11-15-23-73(60)98-79-88)32-36-92-40-44-97-49-47-95-43-39-91-35-31-81-78(87)58(3)4)66-28-25-59(50-69(66)71)77-67-29-26-62(82(5)6)51-75(67)100(9,10)76-52-63(83(7)8)27-30-68(76)77/h11-16,18-21,23-30,50-52,88-89H,1,3,17,22,31-49,53-56H2,2,4-10H3/p+1. The molecular weight excluding hydrogens is 1280 g/mol. The van der Waals surface area contributed by atoms with Gasteiger partial charge in [0.2, 0.25) is 5.91 Å².